The lowest BCUT2D eigenvalue weighted by atomic mass is 9.99. The zero-order chi connectivity index (χ0) is 30.4. The highest BCUT2D eigenvalue weighted by atomic mass is 16.7. The Hall–Kier alpha value is -1.14. The van der Waals surface area contributed by atoms with Gasteiger partial charge < -0.3 is 14.7 Å². The quantitative estimate of drug-likeness (QED) is 0.0365. The summed E-state index contributed by atoms with van der Waals surface area (Å²) in [5.74, 6) is -0.303. The first-order valence-electron chi connectivity index (χ1n) is 17.7. The van der Waals surface area contributed by atoms with Gasteiger partial charge in [0.1, 0.15) is 0 Å². The summed E-state index contributed by atoms with van der Waals surface area (Å²) in [6.45, 7) is 8.49. The van der Waals surface area contributed by atoms with Gasteiger partial charge in [0.2, 0.25) is 6.29 Å². The standard InChI is InChI=1S/C35H69NO5/c1-5-7-9-11-13-15-16-18-20-22-24-28-33(37)40-35(29-25-27-32(4)36-39)41-34(38)30-31(3)26-23-21-19-17-14-12-10-8-6-2/h31-32,35-36,39H,5-30H2,1-4H3. The van der Waals surface area contributed by atoms with E-state index in [4.69, 9.17) is 14.7 Å². The zero-order valence-corrected chi connectivity index (χ0v) is 27.7. The largest absolute Gasteiger partial charge is 0.425 e. The number of hydroxylamine groups is 1. The van der Waals surface area contributed by atoms with Crippen molar-refractivity contribution in [2.45, 2.75) is 207 Å². The average molecular weight is 584 g/mol. The van der Waals surface area contributed by atoms with Gasteiger partial charge in [0.25, 0.3) is 0 Å². The molecule has 0 aliphatic carbocycles. The predicted molar refractivity (Wildman–Crippen MR) is 171 cm³/mol. The van der Waals surface area contributed by atoms with Gasteiger partial charge in [-0.1, -0.05) is 149 Å². The molecule has 0 aliphatic heterocycles. The molecule has 0 rings (SSSR count). The summed E-state index contributed by atoms with van der Waals surface area (Å²) in [5, 5.41) is 9.06. The molecule has 0 spiro atoms. The van der Waals surface area contributed by atoms with Crippen LogP contribution in [0.15, 0.2) is 0 Å². The van der Waals surface area contributed by atoms with Crippen molar-refractivity contribution in [3.63, 3.8) is 0 Å². The number of carbonyl (C=O) groups excluding carboxylic acids is 2. The molecule has 0 fully saturated rings. The van der Waals surface area contributed by atoms with E-state index in [1.54, 1.807) is 0 Å². The number of esters is 2. The molecule has 0 saturated heterocycles. The van der Waals surface area contributed by atoms with Gasteiger partial charge in [-0.15, -0.1) is 0 Å². The molecule has 0 aromatic heterocycles. The molecule has 0 aromatic rings. The summed E-state index contributed by atoms with van der Waals surface area (Å²) in [6.07, 6.45) is 28.0. The Morgan fingerprint density at radius 2 is 1.00 bits per heavy atom. The van der Waals surface area contributed by atoms with E-state index in [2.05, 4.69) is 26.3 Å². The lowest BCUT2D eigenvalue weighted by molar-refractivity contribution is -0.190. The Balaban J connectivity index is 4.21. The zero-order valence-electron chi connectivity index (χ0n) is 27.7. The van der Waals surface area contributed by atoms with Crippen molar-refractivity contribution in [3.8, 4) is 0 Å². The molecule has 244 valence electrons. The Labute approximate surface area is 254 Å². The number of hydrogen-bond donors (Lipinski definition) is 2. The summed E-state index contributed by atoms with van der Waals surface area (Å²) >= 11 is 0. The normalized spacial score (nSPS) is 13.6. The van der Waals surface area contributed by atoms with E-state index >= 15 is 0 Å². The number of hydrogen-bond acceptors (Lipinski definition) is 6. The van der Waals surface area contributed by atoms with Crippen LogP contribution in [0.3, 0.4) is 0 Å². The highest BCUT2D eigenvalue weighted by Crippen LogP contribution is 2.19. The lowest BCUT2D eigenvalue weighted by Crippen LogP contribution is -2.27. The fourth-order valence-electron chi connectivity index (χ4n) is 5.32. The molecular weight excluding hydrogens is 514 g/mol. The highest BCUT2D eigenvalue weighted by molar-refractivity contribution is 5.71. The number of unbranched alkanes of at least 4 members (excludes halogenated alkanes) is 18. The van der Waals surface area contributed by atoms with E-state index in [0.717, 1.165) is 32.1 Å². The molecule has 0 saturated carbocycles. The summed E-state index contributed by atoms with van der Waals surface area (Å²) in [7, 11) is 0. The van der Waals surface area contributed by atoms with Crippen LogP contribution >= 0.6 is 0 Å². The van der Waals surface area contributed by atoms with Crippen molar-refractivity contribution in [2.24, 2.45) is 5.92 Å². The summed E-state index contributed by atoms with van der Waals surface area (Å²) in [4.78, 5) is 25.2. The second-order valence-corrected chi connectivity index (χ2v) is 12.6. The number of carbonyl (C=O) groups is 2. The SMILES string of the molecule is CCCCCCCCCCCCCC(=O)OC(CCCC(C)NO)OC(=O)CC(C)CCCCCCCCCCC. The molecule has 0 amide bonds. The Bertz CT molecular complexity index is 585. The monoisotopic (exact) mass is 584 g/mol. The van der Waals surface area contributed by atoms with Crippen LogP contribution in [0.5, 0.6) is 0 Å². The molecule has 2 N–H and O–H groups in total. The lowest BCUT2D eigenvalue weighted by Gasteiger charge is -2.20. The summed E-state index contributed by atoms with van der Waals surface area (Å²) in [6, 6.07) is -0.0604. The molecule has 6 heteroatoms. The number of rotatable bonds is 31. The maximum atomic E-state index is 12.7. The number of nitrogens with one attached hydrogen (secondary N) is 1. The van der Waals surface area contributed by atoms with Gasteiger partial charge in [-0.05, 0) is 32.1 Å². The predicted octanol–water partition coefficient (Wildman–Crippen LogP) is 10.6. The first-order chi connectivity index (χ1) is 19.9. The molecule has 0 aromatic carbocycles. The first kappa shape index (κ1) is 39.9. The van der Waals surface area contributed by atoms with Crippen LogP contribution in [-0.2, 0) is 19.1 Å². The highest BCUT2D eigenvalue weighted by Gasteiger charge is 2.20. The minimum Gasteiger partial charge on any atom is -0.425 e. The van der Waals surface area contributed by atoms with E-state index in [1.807, 2.05) is 6.92 Å². The first-order valence-corrected chi connectivity index (χ1v) is 17.7. The van der Waals surface area contributed by atoms with Crippen LogP contribution in [0.25, 0.3) is 0 Å². The van der Waals surface area contributed by atoms with Gasteiger partial charge in [-0.2, -0.15) is 0 Å². The van der Waals surface area contributed by atoms with Gasteiger partial charge in [-0.3, -0.25) is 9.59 Å². The van der Waals surface area contributed by atoms with Crippen LogP contribution in [0.2, 0.25) is 0 Å². The molecular formula is C35H69NO5. The van der Waals surface area contributed by atoms with E-state index in [1.165, 1.54) is 103 Å². The van der Waals surface area contributed by atoms with Crippen LogP contribution in [0.1, 0.15) is 195 Å². The van der Waals surface area contributed by atoms with Crippen LogP contribution in [-0.4, -0.2) is 29.5 Å². The van der Waals surface area contributed by atoms with Crippen molar-refractivity contribution in [2.75, 3.05) is 0 Å². The van der Waals surface area contributed by atoms with Crippen LogP contribution in [0, 0.1) is 5.92 Å². The number of ether oxygens (including phenoxy) is 2. The third kappa shape index (κ3) is 28.7. The molecule has 41 heavy (non-hydrogen) atoms. The molecule has 3 atom stereocenters. The minimum absolute atomic E-state index is 0.0604. The van der Waals surface area contributed by atoms with E-state index in [9.17, 15) is 9.59 Å². The summed E-state index contributed by atoms with van der Waals surface area (Å²) in [5.41, 5.74) is 2.24. The van der Waals surface area contributed by atoms with E-state index < -0.39 is 6.29 Å². The fraction of sp³-hybridized carbons (Fsp3) is 0.943. The molecule has 0 aliphatic rings. The maximum Gasteiger partial charge on any atom is 0.309 e. The third-order valence-corrected chi connectivity index (χ3v) is 8.12. The van der Waals surface area contributed by atoms with E-state index in [-0.39, 0.29) is 23.9 Å². The van der Waals surface area contributed by atoms with Crippen molar-refractivity contribution >= 4 is 11.9 Å². The van der Waals surface area contributed by atoms with Crippen molar-refractivity contribution < 1.29 is 24.3 Å². The van der Waals surface area contributed by atoms with Gasteiger partial charge in [0, 0.05) is 25.3 Å². The average Bonchev–Trinajstić information content (AvgIpc) is 2.94. The van der Waals surface area contributed by atoms with Gasteiger partial charge >= 0.3 is 11.9 Å². The Morgan fingerprint density at radius 1 is 0.561 bits per heavy atom. The minimum atomic E-state index is -0.839. The Kier molecular flexibility index (Phi) is 29.5. The fourth-order valence-corrected chi connectivity index (χ4v) is 5.32. The van der Waals surface area contributed by atoms with Crippen molar-refractivity contribution in [1.82, 2.24) is 5.48 Å². The van der Waals surface area contributed by atoms with Crippen molar-refractivity contribution in [1.29, 1.82) is 0 Å². The third-order valence-electron chi connectivity index (χ3n) is 8.12. The topological polar surface area (TPSA) is 84.9 Å². The molecule has 0 radical (unpaired) electrons. The van der Waals surface area contributed by atoms with E-state index in [0.29, 0.717) is 32.1 Å². The molecule has 6 nitrogen and oxygen atoms in total. The smallest absolute Gasteiger partial charge is 0.309 e. The van der Waals surface area contributed by atoms with Crippen LogP contribution in [0.4, 0.5) is 0 Å². The van der Waals surface area contributed by atoms with Gasteiger partial charge in [0.15, 0.2) is 0 Å². The second-order valence-electron chi connectivity index (χ2n) is 12.6. The summed E-state index contributed by atoms with van der Waals surface area (Å²) < 4.78 is 11.2. The maximum absolute atomic E-state index is 12.7. The Morgan fingerprint density at radius 3 is 1.49 bits per heavy atom. The molecule has 0 bridgehead atoms. The van der Waals surface area contributed by atoms with Gasteiger partial charge in [-0.25, -0.2) is 5.48 Å². The van der Waals surface area contributed by atoms with Crippen molar-refractivity contribution in [3.05, 3.63) is 0 Å². The second kappa shape index (κ2) is 30.3. The molecule has 0 heterocycles. The molecule has 3 unspecified atom stereocenters. The van der Waals surface area contributed by atoms with Crippen LogP contribution < -0.4 is 5.48 Å². The van der Waals surface area contributed by atoms with Gasteiger partial charge in [0.05, 0.1) is 0 Å².